The van der Waals surface area contributed by atoms with Gasteiger partial charge in [-0.05, 0) is 60.2 Å². The molecule has 9 heteroatoms. The largest absolute Gasteiger partial charge is 0.497 e. The fourth-order valence-electron chi connectivity index (χ4n) is 3.90. The van der Waals surface area contributed by atoms with Crippen molar-refractivity contribution in [3.05, 3.63) is 125 Å². The third-order valence-electron chi connectivity index (χ3n) is 5.89. The molecule has 6 nitrogen and oxygen atoms in total. The molecule has 0 aliphatic rings. The number of carbonyl (C=O) groups is 2. The number of rotatable bonds is 9. The molecule has 40 heavy (non-hydrogen) atoms. The Morgan fingerprint density at radius 2 is 1.68 bits per heavy atom. The zero-order valence-corrected chi connectivity index (χ0v) is 23.7. The van der Waals surface area contributed by atoms with E-state index in [-0.39, 0.29) is 11.8 Å². The van der Waals surface area contributed by atoms with Gasteiger partial charge in [0, 0.05) is 32.1 Å². The molecule has 200 valence electrons. The van der Waals surface area contributed by atoms with E-state index in [9.17, 15) is 9.59 Å². The van der Waals surface area contributed by atoms with Gasteiger partial charge >= 0.3 is 0 Å². The van der Waals surface area contributed by atoms with E-state index in [1.165, 1.54) is 23.1 Å². The Labute approximate surface area is 245 Å². The second-order valence-corrected chi connectivity index (χ2v) is 11.1. The van der Waals surface area contributed by atoms with Crippen molar-refractivity contribution >= 4 is 57.3 Å². The molecule has 2 N–H and O–H groups in total. The molecule has 0 bridgehead atoms. The predicted octanol–water partition coefficient (Wildman–Crippen LogP) is 8.20. The highest BCUT2D eigenvalue weighted by Gasteiger charge is 2.23. The number of halogens is 1. The van der Waals surface area contributed by atoms with Gasteiger partial charge in [0.15, 0.2) is 5.13 Å². The predicted molar refractivity (Wildman–Crippen MR) is 164 cm³/mol. The molecule has 0 saturated heterocycles. The number of hydrogen-bond acceptors (Lipinski definition) is 6. The maximum atomic E-state index is 13.5. The molecule has 0 spiro atoms. The highest BCUT2D eigenvalue weighted by Crippen LogP contribution is 2.37. The van der Waals surface area contributed by atoms with Crippen molar-refractivity contribution in [2.75, 3.05) is 17.7 Å². The molecule has 4 aromatic carbocycles. The van der Waals surface area contributed by atoms with Crippen LogP contribution in [0.15, 0.2) is 113 Å². The van der Waals surface area contributed by atoms with Crippen LogP contribution in [0.2, 0.25) is 5.02 Å². The molecule has 1 heterocycles. The quantitative estimate of drug-likeness (QED) is 0.170. The van der Waals surface area contributed by atoms with Gasteiger partial charge in [0.2, 0.25) is 5.91 Å². The SMILES string of the molecule is COc1cccc(-c2csc(NC(=O)C(Sc3ccc(NC(=O)c4cccc(Cl)c4)cc3)c3ccccc3)n2)c1. The molecule has 0 aliphatic carbocycles. The van der Waals surface area contributed by atoms with E-state index < -0.39 is 5.25 Å². The van der Waals surface area contributed by atoms with Crippen LogP contribution in [0.4, 0.5) is 10.8 Å². The van der Waals surface area contributed by atoms with Crippen molar-refractivity contribution in [2.24, 2.45) is 0 Å². The molecule has 0 aliphatic heterocycles. The van der Waals surface area contributed by atoms with Gasteiger partial charge in [-0.25, -0.2) is 4.98 Å². The number of aromatic nitrogens is 1. The van der Waals surface area contributed by atoms with Gasteiger partial charge in [0.25, 0.3) is 5.91 Å². The lowest BCUT2D eigenvalue weighted by atomic mass is 10.1. The molecular formula is C31H24ClN3O3S2. The lowest BCUT2D eigenvalue weighted by molar-refractivity contribution is -0.115. The molecule has 2 amide bonds. The molecule has 0 saturated carbocycles. The van der Waals surface area contributed by atoms with E-state index in [1.807, 2.05) is 84.2 Å². The molecule has 0 fully saturated rings. The van der Waals surface area contributed by atoms with Crippen molar-refractivity contribution in [3.63, 3.8) is 0 Å². The van der Waals surface area contributed by atoms with E-state index >= 15 is 0 Å². The maximum absolute atomic E-state index is 13.5. The summed E-state index contributed by atoms with van der Waals surface area (Å²) in [5, 5.41) is 8.27. The van der Waals surface area contributed by atoms with Gasteiger partial charge in [-0.15, -0.1) is 23.1 Å². The highest BCUT2D eigenvalue weighted by molar-refractivity contribution is 8.00. The monoisotopic (exact) mass is 585 g/mol. The Hall–Kier alpha value is -4.11. The van der Waals surface area contributed by atoms with Crippen molar-refractivity contribution in [1.82, 2.24) is 4.98 Å². The number of nitrogens with one attached hydrogen (secondary N) is 2. The van der Waals surface area contributed by atoms with E-state index in [1.54, 1.807) is 31.4 Å². The lowest BCUT2D eigenvalue weighted by Gasteiger charge is -2.16. The zero-order chi connectivity index (χ0) is 27.9. The van der Waals surface area contributed by atoms with Crippen LogP contribution in [-0.4, -0.2) is 23.9 Å². The average Bonchev–Trinajstić information content (AvgIpc) is 3.45. The number of anilines is 2. The third-order valence-corrected chi connectivity index (χ3v) is 8.15. The topological polar surface area (TPSA) is 80.3 Å². The Morgan fingerprint density at radius 3 is 2.42 bits per heavy atom. The van der Waals surface area contributed by atoms with Crippen LogP contribution >= 0.6 is 34.7 Å². The second-order valence-electron chi connectivity index (χ2n) is 8.66. The molecule has 1 aromatic heterocycles. The molecule has 0 radical (unpaired) electrons. The van der Waals surface area contributed by atoms with Gasteiger partial charge in [-0.3, -0.25) is 9.59 Å². The molecular weight excluding hydrogens is 562 g/mol. The number of methoxy groups -OCH3 is 1. The molecule has 5 rings (SSSR count). The summed E-state index contributed by atoms with van der Waals surface area (Å²) in [5.41, 5.74) is 3.66. The van der Waals surface area contributed by atoms with Crippen LogP contribution in [0.5, 0.6) is 5.75 Å². The minimum Gasteiger partial charge on any atom is -0.497 e. The minimum absolute atomic E-state index is 0.180. The number of thiazole rings is 1. The number of ether oxygens (including phenoxy) is 1. The standard InChI is InChI=1S/C31H24ClN3O3S2/c1-38-25-12-6-9-21(18-25)27-19-39-31(34-27)35-30(37)28(20-7-3-2-4-8-20)40-26-15-13-24(14-16-26)33-29(36)22-10-5-11-23(32)17-22/h2-19,28H,1H3,(H,33,36)(H,34,35,37). The first-order valence-corrected chi connectivity index (χ1v) is 14.4. The van der Waals surface area contributed by atoms with Crippen molar-refractivity contribution < 1.29 is 14.3 Å². The number of nitrogens with zero attached hydrogens (tertiary/aromatic N) is 1. The van der Waals surface area contributed by atoms with Crippen LogP contribution in [0, 0.1) is 0 Å². The summed E-state index contributed by atoms with van der Waals surface area (Å²) in [6.45, 7) is 0. The molecule has 1 atom stereocenters. The first-order chi connectivity index (χ1) is 19.5. The fourth-order valence-corrected chi connectivity index (χ4v) is 5.84. The maximum Gasteiger partial charge on any atom is 0.255 e. The summed E-state index contributed by atoms with van der Waals surface area (Å²) < 4.78 is 5.31. The molecule has 1 unspecified atom stereocenters. The first kappa shape index (κ1) is 27.5. The van der Waals surface area contributed by atoms with Crippen LogP contribution in [0.1, 0.15) is 21.2 Å². The van der Waals surface area contributed by atoms with Crippen molar-refractivity contribution in [1.29, 1.82) is 0 Å². The lowest BCUT2D eigenvalue weighted by Crippen LogP contribution is -2.19. The average molecular weight is 586 g/mol. The van der Waals surface area contributed by atoms with Crippen molar-refractivity contribution in [3.8, 4) is 17.0 Å². The smallest absolute Gasteiger partial charge is 0.255 e. The van der Waals surface area contributed by atoms with Crippen LogP contribution in [0.25, 0.3) is 11.3 Å². The first-order valence-electron chi connectivity index (χ1n) is 12.3. The summed E-state index contributed by atoms with van der Waals surface area (Å²) in [6.07, 6.45) is 0. The van der Waals surface area contributed by atoms with Gasteiger partial charge in [0.05, 0.1) is 12.8 Å². The Bertz CT molecular complexity index is 1620. The summed E-state index contributed by atoms with van der Waals surface area (Å²) in [7, 11) is 1.62. The third kappa shape index (κ3) is 6.90. The fraction of sp³-hybridized carbons (Fsp3) is 0.0645. The van der Waals surface area contributed by atoms with Gasteiger partial charge in [-0.1, -0.05) is 60.1 Å². The van der Waals surface area contributed by atoms with E-state index in [0.29, 0.717) is 21.4 Å². The van der Waals surface area contributed by atoms with Crippen LogP contribution in [-0.2, 0) is 4.79 Å². The number of benzene rings is 4. The number of carbonyl (C=O) groups excluding carboxylic acids is 2. The highest BCUT2D eigenvalue weighted by atomic mass is 35.5. The Morgan fingerprint density at radius 1 is 0.900 bits per heavy atom. The number of amides is 2. The van der Waals surface area contributed by atoms with Gasteiger partial charge in [0.1, 0.15) is 11.0 Å². The second kappa shape index (κ2) is 12.8. The van der Waals surface area contributed by atoms with Gasteiger partial charge in [-0.2, -0.15) is 0 Å². The Balaban J connectivity index is 1.29. The normalized spacial score (nSPS) is 11.4. The van der Waals surface area contributed by atoms with Crippen LogP contribution < -0.4 is 15.4 Å². The zero-order valence-electron chi connectivity index (χ0n) is 21.3. The summed E-state index contributed by atoms with van der Waals surface area (Å²) in [5.74, 6) is 0.314. The van der Waals surface area contributed by atoms with E-state index in [0.717, 1.165) is 27.5 Å². The van der Waals surface area contributed by atoms with E-state index in [4.69, 9.17) is 16.3 Å². The number of hydrogen-bond donors (Lipinski definition) is 2. The molecule has 5 aromatic rings. The summed E-state index contributed by atoms with van der Waals surface area (Å²) in [6, 6.07) is 31.4. The summed E-state index contributed by atoms with van der Waals surface area (Å²) in [4.78, 5) is 31.6. The Kier molecular flexibility index (Phi) is 8.81. The van der Waals surface area contributed by atoms with Crippen LogP contribution in [0.3, 0.4) is 0 Å². The van der Waals surface area contributed by atoms with E-state index in [2.05, 4.69) is 15.6 Å². The van der Waals surface area contributed by atoms with Gasteiger partial charge < -0.3 is 15.4 Å². The summed E-state index contributed by atoms with van der Waals surface area (Å²) >= 11 is 8.80. The van der Waals surface area contributed by atoms with Crippen molar-refractivity contribution in [2.45, 2.75) is 10.1 Å². The minimum atomic E-state index is -0.516. The number of thioether (sulfide) groups is 1.